The number of likely N-dealkylation sites (tertiary alicyclic amines) is 1. The number of ketones is 1. The number of carboxylic acid groups (broad SMARTS) is 1. The number of Topliss-reactive ketones (excluding diaryl/α,β-unsaturated/α-hetero) is 1. The number of carbonyl (C=O) groups excluding carboxylic acids is 2. The number of methoxy groups -OCH3 is 1. The highest BCUT2D eigenvalue weighted by molar-refractivity contribution is 6.04. The van der Waals surface area contributed by atoms with Crippen LogP contribution in [0.1, 0.15) is 51.9 Å². The van der Waals surface area contributed by atoms with Gasteiger partial charge < -0.3 is 19.6 Å². The van der Waals surface area contributed by atoms with Crippen molar-refractivity contribution in [2.75, 3.05) is 12.4 Å². The Morgan fingerprint density at radius 2 is 1.47 bits per heavy atom. The van der Waals surface area contributed by atoms with Crippen LogP contribution in [0.25, 0.3) is 0 Å². The molecule has 0 saturated carbocycles. The first-order valence-electron chi connectivity index (χ1n) is 13.6. The minimum atomic E-state index is -2.00. The molecule has 222 valence electrons. The molecule has 1 aromatic heterocycles. The lowest BCUT2D eigenvalue weighted by atomic mass is 9.71. The van der Waals surface area contributed by atoms with Crippen LogP contribution in [0.5, 0.6) is 5.75 Å². The van der Waals surface area contributed by atoms with E-state index in [1.54, 1.807) is 44.2 Å². The molecule has 0 spiro atoms. The summed E-state index contributed by atoms with van der Waals surface area (Å²) in [7, 11) is 1.49. The molecule has 0 bridgehead atoms. The molecular formula is C33H30F2N2O6. The fourth-order valence-corrected chi connectivity index (χ4v) is 6.13. The van der Waals surface area contributed by atoms with E-state index in [0.717, 1.165) is 17.0 Å². The highest BCUT2D eigenvalue weighted by Crippen LogP contribution is 2.57. The second-order valence-electron chi connectivity index (χ2n) is 10.7. The molecule has 0 aliphatic carbocycles. The molecule has 2 N–H and O–H groups in total. The van der Waals surface area contributed by atoms with Crippen molar-refractivity contribution in [1.29, 1.82) is 0 Å². The molecule has 3 aromatic carbocycles. The number of rotatable bonds is 7. The fraction of sp³-hybridized carbons (Fsp3) is 0.242. The van der Waals surface area contributed by atoms with Crippen molar-refractivity contribution in [2.24, 2.45) is 5.92 Å². The lowest BCUT2D eigenvalue weighted by molar-refractivity contribution is -0.148. The average molecular weight is 589 g/mol. The van der Waals surface area contributed by atoms with Gasteiger partial charge >= 0.3 is 12.0 Å². The van der Waals surface area contributed by atoms with Gasteiger partial charge in [0.1, 0.15) is 34.4 Å². The largest absolute Gasteiger partial charge is 0.497 e. The summed E-state index contributed by atoms with van der Waals surface area (Å²) in [4.78, 5) is 43.2. The monoisotopic (exact) mass is 588 g/mol. The molecular weight excluding hydrogens is 558 g/mol. The lowest BCUT2D eigenvalue weighted by Crippen LogP contribution is -2.55. The van der Waals surface area contributed by atoms with Gasteiger partial charge in [-0.1, -0.05) is 24.3 Å². The van der Waals surface area contributed by atoms with Crippen LogP contribution in [0.15, 0.2) is 83.3 Å². The summed E-state index contributed by atoms with van der Waals surface area (Å²) in [5, 5.41) is 13.5. The number of aliphatic carboxylic acids is 1. The number of carboxylic acids is 1. The van der Waals surface area contributed by atoms with E-state index in [2.05, 4.69) is 5.32 Å². The third kappa shape index (κ3) is 5.24. The van der Waals surface area contributed by atoms with Gasteiger partial charge in [-0.05, 0) is 86.5 Å². The Morgan fingerprint density at radius 3 is 1.98 bits per heavy atom. The van der Waals surface area contributed by atoms with E-state index in [1.165, 1.54) is 50.4 Å². The van der Waals surface area contributed by atoms with Gasteiger partial charge in [0.15, 0.2) is 5.78 Å². The molecule has 5 rings (SSSR count). The van der Waals surface area contributed by atoms with E-state index < -0.39 is 52.8 Å². The standard InChI is InChI=1S/C33H30F2N2O6/c1-18-17-26(19(2)43-18)30(38)27-28(20-7-15-25(42-4)16-8-20)33(3,31(39)40)37(29(27)21-5-9-22(34)10-6-21)32(41)36-24-13-11-23(35)12-14-24/h5-17,27-29H,1-4H3,(H,36,41)(H,39,40). The van der Waals surface area contributed by atoms with Crippen LogP contribution in [0.3, 0.4) is 0 Å². The first-order valence-corrected chi connectivity index (χ1v) is 13.6. The Bertz CT molecular complexity index is 1670. The third-order valence-electron chi connectivity index (χ3n) is 8.13. The molecule has 1 fully saturated rings. The molecule has 43 heavy (non-hydrogen) atoms. The Balaban J connectivity index is 1.77. The van der Waals surface area contributed by atoms with Gasteiger partial charge in [-0.2, -0.15) is 0 Å². The van der Waals surface area contributed by atoms with Gasteiger partial charge in [-0.25, -0.2) is 18.4 Å². The number of nitrogens with zero attached hydrogens (tertiary/aromatic N) is 1. The minimum Gasteiger partial charge on any atom is -0.497 e. The van der Waals surface area contributed by atoms with Crippen LogP contribution in [-0.4, -0.2) is 40.4 Å². The number of anilines is 1. The summed E-state index contributed by atoms with van der Waals surface area (Å²) in [6, 6.07) is 16.5. The summed E-state index contributed by atoms with van der Waals surface area (Å²) in [5.74, 6) is -3.72. The van der Waals surface area contributed by atoms with Gasteiger partial charge in [0.2, 0.25) is 0 Å². The number of urea groups is 1. The van der Waals surface area contributed by atoms with Crippen molar-refractivity contribution in [3.63, 3.8) is 0 Å². The summed E-state index contributed by atoms with van der Waals surface area (Å²) in [5.41, 5.74) is -0.692. The van der Waals surface area contributed by atoms with Crippen molar-refractivity contribution < 1.29 is 37.4 Å². The summed E-state index contributed by atoms with van der Waals surface area (Å²) < 4.78 is 38.7. The Morgan fingerprint density at radius 1 is 0.907 bits per heavy atom. The van der Waals surface area contributed by atoms with Crippen molar-refractivity contribution in [3.05, 3.63) is 119 Å². The van der Waals surface area contributed by atoms with Gasteiger partial charge in [-0.15, -0.1) is 0 Å². The second-order valence-corrected chi connectivity index (χ2v) is 10.7. The number of carbonyl (C=O) groups is 3. The lowest BCUT2D eigenvalue weighted by Gasteiger charge is -2.37. The van der Waals surface area contributed by atoms with Crippen molar-refractivity contribution >= 4 is 23.5 Å². The number of halogens is 2. The van der Waals surface area contributed by atoms with Gasteiger partial charge in [-0.3, -0.25) is 9.69 Å². The predicted molar refractivity (Wildman–Crippen MR) is 154 cm³/mol. The maximum Gasteiger partial charge on any atom is 0.330 e. The SMILES string of the molecule is COc1ccc(C2C(C(=O)c3cc(C)oc3C)C(c3ccc(F)cc3)N(C(=O)Nc3ccc(F)cc3)C2(C)C(=O)O)cc1. The number of nitrogens with one attached hydrogen (secondary N) is 1. The van der Waals surface area contributed by atoms with E-state index in [0.29, 0.717) is 28.4 Å². The normalized spacial score (nSPS) is 21.4. The minimum absolute atomic E-state index is 0.217. The van der Waals surface area contributed by atoms with E-state index in [-0.39, 0.29) is 11.3 Å². The van der Waals surface area contributed by atoms with Gasteiger partial charge in [0.25, 0.3) is 0 Å². The predicted octanol–water partition coefficient (Wildman–Crippen LogP) is 6.90. The summed E-state index contributed by atoms with van der Waals surface area (Å²) in [6.45, 7) is 4.73. The number of furan rings is 1. The first kappa shape index (κ1) is 29.5. The van der Waals surface area contributed by atoms with Crippen molar-refractivity contribution in [2.45, 2.75) is 38.3 Å². The van der Waals surface area contributed by atoms with Gasteiger partial charge in [0, 0.05) is 11.6 Å². The number of ether oxygens (including phenoxy) is 1. The molecule has 10 heteroatoms. The third-order valence-corrected chi connectivity index (χ3v) is 8.13. The number of hydrogen-bond donors (Lipinski definition) is 2. The Kier molecular flexibility index (Phi) is 7.79. The molecule has 1 saturated heterocycles. The Labute approximate surface area is 246 Å². The topological polar surface area (TPSA) is 109 Å². The van der Waals surface area contributed by atoms with E-state index in [1.807, 2.05) is 0 Å². The molecule has 8 nitrogen and oxygen atoms in total. The van der Waals surface area contributed by atoms with Crippen LogP contribution in [0.4, 0.5) is 19.3 Å². The van der Waals surface area contributed by atoms with E-state index in [4.69, 9.17) is 9.15 Å². The van der Waals surface area contributed by atoms with Crippen LogP contribution >= 0.6 is 0 Å². The summed E-state index contributed by atoms with van der Waals surface area (Å²) in [6.07, 6.45) is 0. The van der Waals surface area contributed by atoms with Crippen molar-refractivity contribution in [1.82, 2.24) is 4.90 Å². The number of aryl methyl sites for hydroxylation is 2. The number of benzene rings is 3. The molecule has 1 aliphatic rings. The zero-order chi connectivity index (χ0) is 31.1. The van der Waals surface area contributed by atoms with Crippen LogP contribution < -0.4 is 10.1 Å². The highest BCUT2D eigenvalue weighted by atomic mass is 19.1. The van der Waals surface area contributed by atoms with Crippen molar-refractivity contribution in [3.8, 4) is 5.75 Å². The first-order chi connectivity index (χ1) is 20.4. The number of hydrogen-bond acceptors (Lipinski definition) is 5. The average Bonchev–Trinajstić information content (AvgIpc) is 3.47. The number of amides is 2. The second kappa shape index (κ2) is 11.4. The maximum atomic E-state index is 14.6. The molecule has 2 amide bonds. The Hall–Kier alpha value is -4.99. The maximum absolute atomic E-state index is 14.6. The molecule has 4 aromatic rings. The molecule has 1 aliphatic heterocycles. The zero-order valence-corrected chi connectivity index (χ0v) is 23.9. The van der Waals surface area contributed by atoms with Crippen LogP contribution in [0, 0.1) is 31.4 Å². The molecule has 2 heterocycles. The highest BCUT2D eigenvalue weighted by Gasteiger charge is 2.65. The molecule has 0 radical (unpaired) electrons. The van der Waals surface area contributed by atoms with Crippen LogP contribution in [0.2, 0.25) is 0 Å². The van der Waals surface area contributed by atoms with E-state index in [9.17, 15) is 28.3 Å². The van der Waals surface area contributed by atoms with Gasteiger partial charge in [0.05, 0.1) is 24.6 Å². The molecule has 4 atom stereocenters. The quantitative estimate of drug-likeness (QED) is 0.228. The van der Waals surface area contributed by atoms with Crippen LogP contribution in [-0.2, 0) is 4.79 Å². The zero-order valence-electron chi connectivity index (χ0n) is 23.9. The van der Waals surface area contributed by atoms with E-state index >= 15 is 0 Å². The molecule has 4 unspecified atom stereocenters. The fourth-order valence-electron chi connectivity index (χ4n) is 6.13. The summed E-state index contributed by atoms with van der Waals surface area (Å²) >= 11 is 0. The smallest absolute Gasteiger partial charge is 0.330 e.